The first-order valence-corrected chi connectivity index (χ1v) is 9.75. The number of carbonyl (C=O) groups excluding carboxylic acids is 1. The summed E-state index contributed by atoms with van der Waals surface area (Å²) in [6.45, 7) is 5.28. The lowest BCUT2D eigenvalue weighted by Crippen LogP contribution is -2.40. The Bertz CT molecular complexity index is 813. The van der Waals surface area contributed by atoms with Gasteiger partial charge in [-0.05, 0) is 55.2 Å². The van der Waals surface area contributed by atoms with Gasteiger partial charge in [-0.2, -0.15) is 18.3 Å². The molecule has 1 aromatic heterocycles. The molecule has 0 saturated carbocycles. The van der Waals surface area contributed by atoms with E-state index in [1.165, 1.54) is 6.07 Å². The van der Waals surface area contributed by atoms with Crippen LogP contribution in [0.25, 0.3) is 0 Å². The standard InChI is InChI=1S/C21H26F3N3O/c1-14(2)18-12-19(26-25-18)20(28)27-11-5-6-15(13-27)9-10-16-7-3-4-8-17(16)21(22,23)24/h3-4,7-8,12,14-15H,5-6,9-11,13H2,1-2H3,(H,25,26). The number of amides is 1. The molecule has 1 fully saturated rings. The molecule has 0 bridgehead atoms. The summed E-state index contributed by atoms with van der Waals surface area (Å²) in [5, 5.41) is 7.03. The van der Waals surface area contributed by atoms with Gasteiger partial charge in [0.15, 0.2) is 0 Å². The second-order valence-corrected chi connectivity index (χ2v) is 7.82. The number of carbonyl (C=O) groups is 1. The third kappa shape index (κ3) is 4.75. The molecule has 28 heavy (non-hydrogen) atoms. The summed E-state index contributed by atoms with van der Waals surface area (Å²) in [5.41, 5.74) is 1.09. The zero-order chi connectivity index (χ0) is 20.3. The van der Waals surface area contributed by atoms with E-state index in [0.717, 1.165) is 24.6 Å². The van der Waals surface area contributed by atoms with Crippen molar-refractivity contribution >= 4 is 5.91 Å². The van der Waals surface area contributed by atoms with Gasteiger partial charge in [0.05, 0.1) is 5.56 Å². The molecule has 3 rings (SSSR count). The Morgan fingerprint density at radius 3 is 2.75 bits per heavy atom. The van der Waals surface area contributed by atoms with Crippen molar-refractivity contribution < 1.29 is 18.0 Å². The second-order valence-electron chi connectivity index (χ2n) is 7.82. The number of rotatable bonds is 5. The average Bonchev–Trinajstić information content (AvgIpc) is 3.16. The molecule has 1 aliphatic heterocycles. The first-order chi connectivity index (χ1) is 13.3. The average molecular weight is 393 g/mol. The topological polar surface area (TPSA) is 49.0 Å². The Balaban J connectivity index is 1.62. The molecule has 1 saturated heterocycles. The van der Waals surface area contributed by atoms with Crippen molar-refractivity contribution in [2.24, 2.45) is 5.92 Å². The van der Waals surface area contributed by atoms with Gasteiger partial charge in [-0.15, -0.1) is 0 Å². The van der Waals surface area contributed by atoms with Crippen LogP contribution in [0.15, 0.2) is 30.3 Å². The fraction of sp³-hybridized carbons (Fsp3) is 0.524. The van der Waals surface area contributed by atoms with Gasteiger partial charge >= 0.3 is 6.18 Å². The van der Waals surface area contributed by atoms with Crippen molar-refractivity contribution in [2.75, 3.05) is 13.1 Å². The fourth-order valence-corrected chi connectivity index (χ4v) is 3.76. The molecule has 2 aromatic rings. The number of aromatic nitrogens is 2. The summed E-state index contributed by atoms with van der Waals surface area (Å²) in [5.74, 6) is 0.350. The molecule has 1 aromatic carbocycles. The van der Waals surface area contributed by atoms with E-state index >= 15 is 0 Å². The number of piperidine rings is 1. The molecule has 2 heterocycles. The summed E-state index contributed by atoms with van der Waals surface area (Å²) < 4.78 is 39.5. The van der Waals surface area contributed by atoms with Crippen LogP contribution >= 0.6 is 0 Å². The Hall–Kier alpha value is -2.31. The molecule has 4 nitrogen and oxygen atoms in total. The number of hydrogen-bond donors (Lipinski definition) is 1. The second kappa shape index (κ2) is 8.37. The molecule has 7 heteroatoms. The Morgan fingerprint density at radius 2 is 2.07 bits per heavy atom. The van der Waals surface area contributed by atoms with E-state index in [9.17, 15) is 18.0 Å². The van der Waals surface area contributed by atoms with Crippen molar-refractivity contribution in [3.63, 3.8) is 0 Å². The predicted octanol–water partition coefficient (Wildman–Crippen LogP) is 5.04. The first-order valence-electron chi connectivity index (χ1n) is 9.75. The van der Waals surface area contributed by atoms with Crippen LogP contribution in [-0.2, 0) is 12.6 Å². The van der Waals surface area contributed by atoms with E-state index < -0.39 is 11.7 Å². The molecular formula is C21H26F3N3O. The summed E-state index contributed by atoms with van der Waals surface area (Å²) in [7, 11) is 0. The molecule has 1 N–H and O–H groups in total. The lowest BCUT2D eigenvalue weighted by atomic mass is 9.90. The van der Waals surface area contributed by atoms with Crippen LogP contribution in [0.4, 0.5) is 13.2 Å². The first kappa shape index (κ1) is 20.4. The van der Waals surface area contributed by atoms with Gasteiger partial charge in [0.25, 0.3) is 5.91 Å². The fourth-order valence-electron chi connectivity index (χ4n) is 3.76. The highest BCUT2D eigenvalue weighted by atomic mass is 19.4. The predicted molar refractivity (Wildman–Crippen MR) is 101 cm³/mol. The molecule has 0 aliphatic carbocycles. The van der Waals surface area contributed by atoms with E-state index in [-0.39, 0.29) is 17.7 Å². The van der Waals surface area contributed by atoms with Crippen molar-refractivity contribution in [3.05, 3.63) is 52.8 Å². The number of aryl methyl sites for hydroxylation is 1. The molecule has 1 aliphatic rings. The molecule has 0 spiro atoms. The normalized spacial score (nSPS) is 17.9. The van der Waals surface area contributed by atoms with E-state index in [0.29, 0.717) is 37.2 Å². The highest BCUT2D eigenvalue weighted by molar-refractivity contribution is 5.92. The number of likely N-dealkylation sites (tertiary alicyclic amines) is 1. The maximum Gasteiger partial charge on any atom is 0.416 e. The van der Waals surface area contributed by atoms with Gasteiger partial charge in [-0.3, -0.25) is 9.89 Å². The quantitative estimate of drug-likeness (QED) is 0.774. The number of halogens is 3. The summed E-state index contributed by atoms with van der Waals surface area (Å²) in [4.78, 5) is 14.5. The lowest BCUT2D eigenvalue weighted by Gasteiger charge is -2.32. The number of nitrogens with zero attached hydrogens (tertiary/aromatic N) is 2. The van der Waals surface area contributed by atoms with Crippen LogP contribution in [0.5, 0.6) is 0 Å². The van der Waals surface area contributed by atoms with Gasteiger partial charge < -0.3 is 4.90 Å². The minimum atomic E-state index is -4.33. The molecule has 1 unspecified atom stereocenters. The van der Waals surface area contributed by atoms with Gasteiger partial charge in [0, 0.05) is 18.8 Å². The van der Waals surface area contributed by atoms with Gasteiger partial charge in [-0.1, -0.05) is 32.0 Å². The number of alkyl halides is 3. The third-order valence-corrected chi connectivity index (χ3v) is 5.39. The number of aromatic amines is 1. The van der Waals surface area contributed by atoms with Gasteiger partial charge in [0.2, 0.25) is 0 Å². The summed E-state index contributed by atoms with van der Waals surface area (Å²) >= 11 is 0. The van der Waals surface area contributed by atoms with Crippen molar-refractivity contribution in [1.29, 1.82) is 0 Å². The highest BCUT2D eigenvalue weighted by Gasteiger charge is 2.33. The summed E-state index contributed by atoms with van der Waals surface area (Å²) in [6, 6.07) is 7.53. The van der Waals surface area contributed by atoms with Crippen molar-refractivity contribution in [2.45, 2.75) is 51.6 Å². The Labute approximate surface area is 163 Å². The van der Waals surface area contributed by atoms with Crippen LogP contribution in [0.2, 0.25) is 0 Å². The van der Waals surface area contributed by atoms with E-state index in [4.69, 9.17) is 0 Å². The van der Waals surface area contributed by atoms with Crippen molar-refractivity contribution in [1.82, 2.24) is 15.1 Å². The van der Waals surface area contributed by atoms with E-state index in [1.807, 2.05) is 13.8 Å². The largest absolute Gasteiger partial charge is 0.416 e. The SMILES string of the molecule is CC(C)c1cc(C(=O)N2CCCC(CCc3ccccc3C(F)(F)F)C2)n[nH]1. The van der Waals surface area contributed by atoms with E-state index in [2.05, 4.69) is 10.2 Å². The molecule has 1 atom stereocenters. The van der Waals surface area contributed by atoms with Crippen LogP contribution in [0.1, 0.15) is 66.3 Å². The van der Waals surface area contributed by atoms with Crippen LogP contribution in [0.3, 0.4) is 0 Å². The Morgan fingerprint density at radius 1 is 1.32 bits per heavy atom. The molecule has 152 valence electrons. The van der Waals surface area contributed by atoms with Crippen LogP contribution in [0, 0.1) is 5.92 Å². The molecular weight excluding hydrogens is 367 g/mol. The van der Waals surface area contributed by atoms with Crippen molar-refractivity contribution in [3.8, 4) is 0 Å². The lowest BCUT2D eigenvalue weighted by molar-refractivity contribution is -0.138. The minimum Gasteiger partial charge on any atom is -0.337 e. The summed E-state index contributed by atoms with van der Waals surface area (Å²) in [6.07, 6.45) is -1.55. The number of nitrogens with one attached hydrogen (secondary N) is 1. The number of H-pyrrole nitrogens is 1. The zero-order valence-corrected chi connectivity index (χ0v) is 16.2. The smallest absolute Gasteiger partial charge is 0.337 e. The van der Waals surface area contributed by atoms with Gasteiger partial charge in [0.1, 0.15) is 5.69 Å². The maximum absolute atomic E-state index is 13.2. The zero-order valence-electron chi connectivity index (χ0n) is 16.2. The van der Waals surface area contributed by atoms with Gasteiger partial charge in [-0.25, -0.2) is 0 Å². The molecule has 1 amide bonds. The monoisotopic (exact) mass is 393 g/mol. The van der Waals surface area contributed by atoms with Crippen LogP contribution in [-0.4, -0.2) is 34.1 Å². The maximum atomic E-state index is 13.2. The number of hydrogen-bond acceptors (Lipinski definition) is 2. The minimum absolute atomic E-state index is 0.108. The molecule has 0 radical (unpaired) electrons. The highest BCUT2D eigenvalue weighted by Crippen LogP contribution is 2.33. The number of benzene rings is 1. The van der Waals surface area contributed by atoms with E-state index in [1.54, 1.807) is 23.1 Å². The third-order valence-electron chi connectivity index (χ3n) is 5.39. The van der Waals surface area contributed by atoms with Crippen LogP contribution < -0.4 is 0 Å². The Kier molecular flexibility index (Phi) is 6.10.